The van der Waals surface area contributed by atoms with Crippen molar-refractivity contribution in [2.45, 2.75) is 67.0 Å². The molecule has 9 rings (SSSR count). The van der Waals surface area contributed by atoms with E-state index in [2.05, 4.69) is 218 Å². The summed E-state index contributed by atoms with van der Waals surface area (Å²) in [5.74, 6) is 2.85. The number of hydrogen-bond acceptors (Lipinski definition) is 8. The predicted molar refractivity (Wildman–Crippen MR) is 351 cm³/mol. The van der Waals surface area contributed by atoms with Crippen LogP contribution in [0.2, 0.25) is 0 Å². The van der Waals surface area contributed by atoms with Crippen LogP contribution in [0.5, 0.6) is 23.0 Å². The van der Waals surface area contributed by atoms with Gasteiger partial charge in [-0.2, -0.15) is 0 Å². The summed E-state index contributed by atoms with van der Waals surface area (Å²) < 4.78 is 51.1. The van der Waals surface area contributed by atoms with Gasteiger partial charge < -0.3 is 37.9 Å². The molecule has 8 heteroatoms. The van der Waals surface area contributed by atoms with Crippen molar-refractivity contribution in [2.75, 3.05) is 52.9 Å². The van der Waals surface area contributed by atoms with Crippen molar-refractivity contribution in [1.82, 2.24) is 0 Å². The second-order valence-corrected chi connectivity index (χ2v) is 21.7. The number of rotatable bonds is 32. The Bertz CT molecular complexity index is 3640. The van der Waals surface area contributed by atoms with Crippen LogP contribution >= 0.6 is 0 Å². The van der Waals surface area contributed by atoms with E-state index in [9.17, 15) is 0 Å². The highest BCUT2D eigenvalue weighted by Gasteiger charge is 2.28. The van der Waals surface area contributed by atoms with E-state index in [1.165, 1.54) is 5.56 Å². The Kier molecular flexibility index (Phi) is 22.6. The van der Waals surface area contributed by atoms with Gasteiger partial charge >= 0.3 is 0 Å². The minimum absolute atomic E-state index is 0.334. The summed E-state index contributed by atoms with van der Waals surface area (Å²) in [6.45, 7) is 27.4. The van der Waals surface area contributed by atoms with Crippen LogP contribution < -0.4 is 18.9 Å². The first kappa shape index (κ1) is 61.8. The first-order valence-electron chi connectivity index (χ1n) is 29.6. The van der Waals surface area contributed by atoms with Crippen LogP contribution in [0, 0.1) is 34.6 Å². The molecule has 0 aliphatic carbocycles. The van der Waals surface area contributed by atoms with Gasteiger partial charge in [-0.25, -0.2) is 0 Å². The monoisotopic (exact) mass is 1140 g/mol. The molecule has 440 valence electrons. The van der Waals surface area contributed by atoms with Crippen LogP contribution in [0.4, 0.5) is 0 Å². The fourth-order valence-corrected chi connectivity index (χ4v) is 10.4. The molecule has 86 heavy (non-hydrogen) atoms. The second-order valence-electron chi connectivity index (χ2n) is 21.7. The number of ether oxygens (including phenoxy) is 8. The summed E-state index contributed by atoms with van der Waals surface area (Å²) in [5.41, 5.74) is 20.2. The van der Waals surface area contributed by atoms with Gasteiger partial charge in [-0.3, -0.25) is 0 Å². The lowest BCUT2D eigenvalue weighted by Gasteiger charge is -2.28. The van der Waals surface area contributed by atoms with Crippen LogP contribution in [0.15, 0.2) is 208 Å². The molecule has 0 spiro atoms. The summed E-state index contributed by atoms with van der Waals surface area (Å²) in [6.07, 6.45) is 5.52. The van der Waals surface area contributed by atoms with E-state index >= 15 is 0 Å². The Balaban J connectivity index is 1.04. The third-order valence-electron chi connectivity index (χ3n) is 15.1. The van der Waals surface area contributed by atoms with Crippen molar-refractivity contribution in [3.8, 4) is 45.3 Å². The highest BCUT2D eigenvalue weighted by atomic mass is 16.5. The van der Waals surface area contributed by atoms with Crippen LogP contribution in [0.25, 0.3) is 40.5 Å². The molecule has 1 atom stereocenters. The van der Waals surface area contributed by atoms with Crippen molar-refractivity contribution in [3.05, 3.63) is 291 Å². The maximum Gasteiger partial charge on any atom is 0.126 e. The van der Waals surface area contributed by atoms with Crippen molar-refractivity contribution < 1.29 is 37.9 Å². The maximum absolute atomic E-state index is 7.00. The van der Waals surface area contributed by atoms with Gasteiger partial charge in [0.1, 0.15) is 49.4 Å². The highest BCUT2D eigenvalue weighted by molar-refractivity contribution is 5.74. The summed E-state index contributed by atoms with van der Waals surface area (Å²) in [6, 6.07) is 65.6. The average molecular weight is 1150 g/mol. The SMILES string of the molecule is C=Cc1ccc(COCCOc2ccc(-c3cc(C)c(OCCOCc4ccc(C)cc4)c(C(c4ccccc4)c4cc(-c5ccc(OCCOCc6ccc(C=C)cc6)c(C)c5)cc(C)c4OCCOCc4ccc(C=C)cc4)c3)cc2C)cc1. The van der Waals surface area contributed by atoms with Gasteiger partial charge in [-0.05, 0) is 172 Å². The normalized spacial score (nSPS) is 11.5. The zero-order valence-electron chi connectivity index (χ0n) is 50.6. The molecule has 0 saturated carbocycles. The Labute approximate surface area is 509 Å². The van der Waals surface area contributed by atoms with Gasteiger partial charge in [-0.1, -0.05) is 183 Å². The van der Waals surface area contributed by atoms with E-state index in [1.54, 1.807) is 0 Å². The molecular weight excluding hydrogens is 1060 g/mol. The van der Waals surface area contributed by atoms with Crippen LogP contribution in [0.3, 0.4) is 0 Å². The Morgan fingerprint density at radius 1 is 0.326 bits per heavy atom. The van der Waals surface area contributed by atoms with E-state index in [0.717, 1.165) is 123 Å². The number of benzene rings is 9. The summed E-state index contributed by atoms with van der Waals surface area (Å²) in [4.78, 5) is 0. The molecule has 0 saturated heterocycles. The van der Waals surface area contributed by atoms with Crippen molar-refractivity contribution >= 4 is 18.2 Å². The minimum Gasteiger partial charge on any atom is -0.491 e. The van der Waals surface area contributed by atoms with Crippen molar-refractivity contribution in [2.24, 2.45) is 0 Å². The lowest BCUT2D eigenvalue weighted by molar-refractivity contribution is 0.0879. The lowest BCUT2D eigenvalue weighted by Crippen LogP contribution is -2.14. The Morgan fingerprint density at radius 3 is 1.01 bits per heavy atom. The van der Waals surface area contributed by atoms with Gasteiger partial charge in [0.2, 0.25) is 0 Å². The topological polar surface area (TPSA) is 73.8 Å². The van der Waals surface area contributed by atoms with E-state index < -0.39 is 0 Å². The molecule has 9 aromatic rings. The first-order chi connectivity index (χ1) is 42.0. The molecule has 0 heterocycles. The molecule has 0 amide bonds. The van der Waals surface area contributed by atoms with Crippen LogP contribution in [-0.2, 0) is 45.4 Å². The fourth-order valence-electron chi connectivity index (χ4n) is 10.4. The number of aryl methyl sites for hydroxylation is 5. The zero-order valence-corrected chi connectivity index (χ0v) is 50.6. The molecule has 0 aromatic heterocycles. The van der Waals surface area contributed by atoms with Crippen LogP contribution in [-0.4, -0.2) is 52.9 Å². The van der Waals surface area contributed by atoms with E-state index in [-0.39, 0.29) is 5.92 Å². The molecule has 8 nitrogen and oxygen atoms in total. The summed E-state index contributed by atoms with van der Waals surface area (Å²) in [5, 5.41) is 0. The average Bonchev–Trinajstić information content (AvgIpc) is 1.03. The standard InChI is InChI=1S/C78H80O8/c1-9-60-21-27-64(28-22-60)52-79-37-41-83-74-35-33-68(45-56(74)5)70-47-58(7)77(85-43-39-81-51-63-19-17-55(4)18-20-63)72(49-70)76(67-15-13-12-14-16-67)73-50-71(48-59(8)78(73)86-44-40-82-54-66-31-25-62(11-3)26-32-66)69-34-36-75(57(6)46-69)84-42-38-80-53-65-29-23-61(10-2)24-30-65/h9-36,45-50,76H,1-3,37-44,51-54H2,4-8H3. The molecule has 0 bridgehead atoms. The summed E-state index contributed by atoms with van der Waals surface area (Å²) in [7, 11) is 0. The molecule has 0 aliphatic rings. The van der Waals surface area contributed by atoms with Crippen molar-refractivity contribution in [1.29, 1.82) is 0 Å². The van der Waals surface area contributed by atoms with Gasteiger partial charge in [-0.15, -0.1) is 0 Å². The van der Waals surface area contributed by atoms with Gasteiger partial charge in [0.25, 0.3) is 0 Å². The third-order valence-corrected chi connectivity index (χ3v) is 15.1. The Hall–Kier alpha value is -8.76. The van der Waals surface area contributed by atoms with Crippen LogP contribution in [0.1, 0.15) is 89.4 Å². The van der Waals surface area contributed by atoms with E-state index in [1.807, 2.05) is 42.5 Å². The van der Waals surface area contributed by atoms with Crippen molar-refractivity contribution in [3.63, 3.8) is 0 Å². The third kappa shape index (κ3) is 17.2. The predicted octanol–water partition coefficient (Wildman–Crippen LogP) is 18.1. The maximum atomic E-state index is 7.00. The first-order valence-corrected chi connectivity index (χ1v) is 29.6. The zero-order chi connectivity index (χ0) is 60.0. The highest BCUT2D eigenvalue weighted by Crippen LogP contribution is 2.47. The van der Waals surface area contributed by atoms with Gasteiger partial charge in [0.05, 0.1) is 52.9 Å². The molecule has 0 fully saturated rings. The van der Waals surface area contributed by atoms with Gasteiger partial charge in [0, 0.05) is 17.0 Å². The second kappa shape index (κ2) is 31.4. The van der Waals surface area contributed by atoms with E-state index in [0.29, 0.717) is 79.3 Å². The van der Waals surface area contributed by atoms with Gasteiger partial charge in [0.15, 0.2) is 0 Å². The largest absolute Gasteiger partial charge is 0.491 e. The summed E-state index contributed by atoms with van der Waals surface area (Å²) >= 11 is 0. The molecule has 0 N–H and O–H groups in total. The molecule has 1 unspecified atom stereocenters. The number of hydrogen-bond donors (Lipinski definition) is 0. The molecule has 9 aromatic carbocycles. The molecule has 0 radical (unpaired) electrons. The lowest BCUT2D eigenvalue weighted by atomic mass is 9.80. The molecular formula is C78H80O8. The smallest absolute Gasteiger partial charge is 0.126 e. The van der Waals surface area contributed by atoms with E-state index in [4.69, 9.17) is 37.9 Å². The quantitative estimate of drug-likeness (QED) is 0.0305. The minimum atomic E-state index is -0.358. The fraction of sp³-hybridized carbons (Fsp3) is 0.231. The Morgan fingerprint density at radius 2 is 0.663 bits per heavy atom. The molecule has 0 aliphatic heterocycles.